The number of amides is 2. The first kappa shape index (κ1) is 15.6. The van der Waals surface area contributed by atoms with Crippen molar-refractivity contribution in [3.63, 3.8) is 0 Å². The summed E-state index contributed by atoms with van der Waals surface area (Å²) in [6, 6.07) is 1.73. The van der Waals surface area contributed by atoms with Crippen molar-refractivity contribution in [2.75, 3.05) is 20.3 Å². The van der Waals surface area contributed by atoms with Crippen LogP contribution in [0.3, 0.4) is 0 Å². The van der Waals surface area contributed by atoms with E-state index in [4.69, 9.17) is 4.74 Å². The number of fused-ring (bicyclic) bond motifs is 1. The maximum absolute atomic E-state index is 12.0. The molecule has 2 N–H and O–H groups in total. The number of aromatic nitrogens is 3. The molecule has 0 fully saturated rings. The molecule has 1 atom stereocenters. The standard InChI is InChI=1S/C14H17N5O3S/c1-22-3-2-15-13(20)11-5-10-4-9(6-19(10)18-11)17-14(21)12-7-23-8-16-12/h5,7-9H,2-4,6H2,1H3,(H,15,20)(H,17,21)/t9-/m0/s1. The third-order valence-corrected chi connectivity index (χ3v) is 4.12. The van der Waals surface area contributed by atoms with Crippen LogP contribution < -0.4 is 10.6 Å². The summed E-state index contributed by atoms with van der Waals surface area (Å²) < 4.78 is 6.65. The molecule has 23 heavy (non-hydrogen) atoms. The Morgan fingerprint density at radius 1 is 1.43 bits per heavy atom. The first-order valence-electron chi connectivity index (χ1n) is 7.20. The van der Waals surface area contributed by atoms with Crippen molar-refractivity contribution in [2.45, 2.75) is 19.0 Å². The zero-order valence-electron chi connectivity index (χ0n) is 12.6. The molecule has 8 nitrogen and oxygen atoms in total. The number of nitrogens with one attached hydrogen (secondary N) is 2. The molecule has 122 valence electrons. The molecule has 0 saturated heterocycles. The second kappa shape index (κ2) is 6.88. The number of hydrogen-bond donors (Lipinski definition) is 2. The molecule has 2 aromatic heterocycles. The lowest BCUT2D eigenvalue weighted by Crippen LogP contribution is -2.36. The smallest absolute Gasteiger partial charge is 0.271 e. The quantitative estimate of drug-likeness (QED) is 0.728. The van der Waals surface area contributed by atoms with E-state index in [1.54, 1.807) is 28.7 Å². The molecule has 0 radical (unpaired) electrons. The summed E-state index contributed by atoms with van der Waals surface area (Å²) in [7, 11) is 1.58. The third kappa shape index (κ3) is 3.57. The molecule has 9 heteroatoms. The molecule has 2 aromatic rings. The third-order valence-electron chi connectivity index (χ3n) is 3.54. The van der Waals surface area contributed by atoms with Crippen LogP contribution in [0.5, 0.6) is 0 Å². The summed E-state index contributed by atoms with van der Waals surface area (Å²) in [6.45, 7) is 1.46. The van der Waals surface area contributed by atoms with E-state index in [1.165, 1.54) is 11.3 Å². The van der Waals surface area contributed by atoms with Crippen LogP contribution >= 0.6 is 11.3 Å². The minimum Gasteiger partial charge on any atom is -0.383 e. The van der Waals surface area contributed by atoms with E-state index in [9.17, 15) is 9.59 Å². The predicted molar refractivity (Wildman–Crippen MR) is 83.5 cm³/mol. The lowest BCUT2D eigenvalue weighted by Gasteiger charge is -2.10. The summed E-state index contributed by atoms with van der Waals surface area (Å²) in [6.07, 6.45) is 0.647. The van der Waals surface area contributed by atoms with Gasteiger partial charge in [-0.05, 0) is 6.07 Å². The van der Waals surface area contributed by atoms with E-state index in [0.29, 0.717) is 37.5 Å². The highest BCUT2D eigenvalue weighted by atomic mass is 32.1. The first-order valence-corrected chi connectivity index (χ1v) is 8.14. The van der Waals surface area contributed by atoms with Crippen LogP contribution in [0, 0.1) is 0 Å². The Kier molecular flexibility index (Phi) is 4.68. The van der Waals surface area contributed by atoms with Gasteiger partial charge in [0.25, 0.3) is 11.8 Å². The molecule has 0 unspecified atom stereocenters. The molecule has 0 bridgehead atoms. The predicted octanol–water partition coefficient (Wildman–Crippen LogP) is 0.0705. The molecule has 3 rings (SSSR count). The molecular formula is C14H17N5O3S. The van der Waals surface area contributed by atoms with Crippen molar-refractivity contribution in [2.24, 2.45) is 0 Å². The summed E-state index contributed by atoms with van der Waals surface area (Å²) >= 11 is 1.39. The highest BCUT2D eigenvalue weighted by Gasteiger charge is 2.26. The van der Waals surface area contributed by atoms with Crippen LogP contribution in [0.1, 0.15) is 26.7 Å². The number of methoxy groups -OCH3 is 1. The van der Waals surface area contributed by atoms with Gasteiger partial charge in [-0.15, -0.1) is 11.3 Å². The van der Waals surface area contributed by atoms with Crippen LogP contribution in [0.25, 0.3) is 0 Å². The average Bonchev–Trinajstić information content (AvgIpc) is 3.22. The Morgan fingerprint density at radius 2 is 2.30 bits per heavy atom. The summed E-state index contributed by atoms with van der Waals surface area (Å²) in [5, 5.41) is 11.7. The van der Waals surface area contributed by atoms with Crippen LogP contribution in [-0.2, 0) is 17.7 Å². The minimum absolute atomic E-state index is 0.0303. The Bertz CT molecular complexity index is 674. The number of thiazole rings is 1. The Balaban J connectivity index is 1.55. The van der Waals surface area contributed by atoms with Crippen LogP contribution in [0.4, 0.5) is 0 Å². The van der Waals surface area contributed by atoms with Crippen LogP contribution in [0.2, 0.25) is 0 Å². The maximum atomic E-state index is 12.0. The molecule has 0 saturated carbocycles. The van der Waals surface area contributed by atoms with Gasteiger partial charge < -0.3 is 15.4 Å². The maximum Gasteiger partial charge on any atom is 0.271 e. The number of nitrogens with zero attached hydrogens (tertiary/aromatic N) is 3. The monoisotopic (exact) mass is 335 g/mol. The normalized spacial score (nSPS) is 16.1. The summed E-state index contributed by atoms with van der Waals surface area (Å²) in [5.41, 5.74) is 3.38. The second-order valence-corrected chi connectivity index (χ2v) is 5.92. The van der Waals surface area contributed by atoms with Crippen molar-refractivity contribution in [3.05, 3.63) is 34.0 Å². The van der Waals surface area contributed by atoms with Crippen molar-refractivity contribution in [1.29, 1.82) is 0 Å². The van der Waals surface area contributed by atoms with Gasteiger partial charge in [-0.3, -0.25) is 14.3 Å². The molecule has 1 aliphatic heterocycles. The number of carbonyl (C=O) groups is 2. The fourth-order valence-electron chi connectivity index (χ4n) is 2.45. The number of rotatable bonds is 6. The molecular weight excluding hydrogens is 318 g/mol. The molecule has 1 aliphatic rings. The molecule has 2 amide bonds. The van der Waals surface area contributed by atoms with E-state index >= 15 is 0 Å². The fourth-order valence-corrected chi connectivity index (χ4v) is 2.98. The molecule has 0 aliphatic carbocycles. The Labute approximate surface area is 136 Å². The average molecular weight is 335 g/mol. The van der Waals surface area contributed by atoms with E-state index in [-0.39, 0.29) is 17.9 Å². The lowest BCUT2D eigenvalue weighted by atomic mass is 10.2. The van der Waals surface area contributed by atoms with Crippen molar-refractivity contribution in [1.82, 2.24) is 25.4 Å². The molecule has 3 heterocycles. The van der Waals surface area contributed by atoms with E-state index in [2.05, 4.69) is 20.7 Å². The van der Waals surface area contributed by atoms with E-state index in [0.717, 1.165) is 5.69 Å². The van der Waals surface area contributed by atoms with Gasteiger partial charge in [-0.25, -0.2) is 4.98 Å². The first-order chi connectivity index (χ1) is 11.2. The van der Waals surface area contributed by atoms with Crippen molar-refractivity contribution < 1.29 is 14.3 Å². The van der Waals surface area contributed by atoms with Gasteiger partial charge in [0.1, 0.15) is 11.4 Å². The van der Waals surface area contributed by atoms with Crippen LogP contribution in [0.15, 0.2) is 17.0 Å². The number of hydrogen-bond acceptors (Lipinski definition) is 6. The van der Waals surface area contributed by atoms with Gasteiger partial charge >= 0.3 is 0 Å². The van der Waals surface area contributed by atoms with Gasteiger partial charge in [0, 0.05) is 31.1 Å². The largest absolute Gasteiger partial charge is 0.383 e. The van der Waals surface area contributed by atoms with Gasteiger partial charge in [0.05, 0.1) is 24.7 Å². The Morgan fingerprint density at radius 3 is 3.00 bits per heavy atom. The fraction of sp³-hybridized carbons (Fsp3) is 0.429. The van der Waals surface area contributed by atoms with E-state index in [1.807, 2.05) is 0 Å². The zero-order valence-corrected chi connectivity index (χ0v) is 13.4. The molecule has 0 aromatic carbocycles. The van der Waals surface area contributed by atoms with Gasteiger partial charge in [-0.1, -0.05) is 0 Å². The van der Waals surface area contributed by atoms with Crippen molar-refractivity contribution in [3.8, 4) is 0 Å². The topological polar surface area (TPSA) is 98.1 Å². The lowest BCUT2D eigenvalue weighted by molar-refractivity contribution is 0.0919. The summed E-state index contributed by atoms with van der Waals surface area (Å²) in [5.74, 6) is -0.397. The SMILES string of the molecule is COCCNC(=O)c1cc2n(n1)C[C@@H](NC(=O)c1cscn1)C2. The van der Waals surface area contributed by atoms with Crippen molar-refractivity contribution >= 4 is 23.2 Å². The number of carbonyl (C=O) groups excluding carboxylic acids is 2. The molecule has 0 spiro atoms. The Hall–Kier alpha value is -2.26. The second-order valence-electron chi connectivity index (χ2n) is 5.20. The zero-order chi connectivity index (χ0) is 16.2. The van der Waals surface area contributed by atoms with Gasteiger partial charge in [-0.2, -0.15) is 5.10 Å². The number of ether oxygens (including phenoxy) is 1. The highest BCUT2D eigenvalue weighted by Crippen LogP contribution is 2.16. The van der Waals surface area contributed by atoms with Gasteiger partial charge in [0.2, 0.25) is 0 Å². The van der Waals surface area contributed by atoms with E-state index < -0.39 is 0 Å². The highest BCUT2D eigenvalue weighted by molar-refractivity contribution is 7.07. The minimum atomic E-state index is -0.216. The summed E-state index contributed by atoms with van der Waals surface area (Å²) in [4.78, 5) is 27.9. The van der Waals surface area contributed by atoms with Crippen LogP contribution in [-0.4, -0.2) is 52.9 Å². The van der Waals surface area contributed by atoms with Gasteiger partial charge in [0.15, 0.2) is 0 Å².